The zero-order chi connectivity index (χ0) is 20.8. The molecule has 154 valence electrons. The minimum atomic E-state index is -4.44. The van der Waals surface area contributed by atoms with Crippen LogP contribution in [0.5, 0.6) is 5.75 Å². The predicted octanol–water partition coefficient (Wildman–Crippen LogP) is 2.59. The lowest BCUT2D eigenvalue weighted by Crippen LogP contribution is -2.49. The molecule has 0 aliphatic carbocycles. The largest absolute Gasteiger partial charge is 0.552 e. The van der Waals surface area contributed by atoms with Crippen LogP contribution in [0.2, 0.25) is 0 Å². The second-order valence-corrected chi connectivity index (χ2v) is 7.46. The van der Waals surface area contributed by atoms with E-state index in [4.69, 9.17) is 4.65 Å². The number of allylic oxidation sites excluding steroid dienone is 1. The molecule has 11 heteroatoms. The van der Waals surface area contributed by atoms with Gasteiger partial charge in [-0.15, -0.1) is 0 Å². The Morgan fingerprint density at radius 2 is 2.31 bits per heavy atom. The first-order valence-corrected chi connectivity index (χ1v) is 9.35. The third kappa shape index (κ3) is 3.91. The fraction of sp³-hybridized carbons (Fsp3) is 0.444. The molecule has 0 spiro atoms. The molecule has 0 saturated carbocycles. The number of piperidine rings is 1. The van der Waals surface area contributed by atoms with Crippen LogP contribution < -0.4 is 9.97 Å². The highest BCUT2D eigenvalue weighted by Gasteiger charge is 2.37. The molecule has 1 saturated heterocycles. The summed E-state index contributed by atoms with van der Waals surface area (Å²) in [4.78, 5) is 20.8. The fourth-order valence-corrected chi connectivity index (χ4v) is 4.17. The average molecular weight is 408 g/mol. The van der Waals surface area contributed by atoms with Gasteiger partial charge in [-0.1, -0.05) is 6.92 Å². The number of amides is 2. The van der Waals surface area contributed by atoms with E-state index in [1.54, 1.807) is 18.4 Å². The van der Waals surface area contributed by atoms with E-state index in [1.807, 2.05) is 18.3 Å². The van der Waals surface area contributed by atoms with Gasteiger partial charge in [0.25, 0.3) is 0 Å². The molecule has 2 aromatic heterocycles. The molecule has 0 aromatic carbocycles. The highest BCUT2D eigenvalue weighted by Crippen LogP contribution is 2.43. The summed E-state index contributed by atoms with van der Waals surface area (Å²) in [6.07, 6.45) is -0.540. The first-order valence-electron chi connectivity index (χ1n) is 9.35. The summed E-state index contributed by atoms with van der Waals surface area (Å²) in [5.74, 6) is 2.14. The standard InChI is InChI=1S/C18H20BF3N4O3/c1-10-8-26(17(27)25-9-18(20,21)22)5-3-11(10)13-6-19(28)29-14-7-24-16-12(15(13)14)2-4-23-16/h2,4,6-7,10-11,28H,3,5,8-9H2,1H3,(H,23,24)(H,25,27)/t10-,11+/m0/s1. The fourth-order valence-electron chi connectivity index (χ4n) is 4.17. The molecule has 2 aliphatic heterocycles. The number of urea groups is 1. The van der Waals surface area contributed by atoms with Gasteiger partial charge in [0.15, 0.2) is 0 Å². The van der Waals surface area contributed by atoms with Crippen LogP contribution in [0.1, 0.15) is 18.9 Å². The van der Waals surface area contributed by atoms with E-state index in [9.17, 15) is 23.0 Å². The number of nitrogens with zero attached hydrogens (tertiary/aromatic N) is 2. The number of likely N-dealkylation sites (tertiary alicyclic amines) is 1. The Labute approximate surface area is 165 Å². The molecule has 2 amide bonds. The third-order valence-electron chi connectivity index (χ3n) is 5.44. The molecule has 29 heavy (non-hydrogen) atoms. The van der Waals surface area contributed by atoms with Gasteiger partial charge in [-0.25, -0.2) is 9.78 Å². The number of hydrogen-bond acceptors (Lipinski definition) is 4. The van der Waals surface area contributed by atoms with Gasteiger partial charge < -0.3 is 24.9 Å². The Morgan fingerprint density at radius 1 is 1.52 bits per heavy atom. The minimum Gasteiger partial charge on any atom is -0.531 e. The molecular weight excluding hydrogens is 388 g/mol. The van der Waals surface area contributed by atoms with Crippen molar-refractivity contribution < 1.29 is 27.6 Å². The van der Waals surface area contributed by atoms with Crippen LogP contribution in [-0.4, -0.2) is 58.9 Å². The number of pyridine rings is 1. The quantitative estimate of drug-likeness (QED) is 0.667. The SMILES string of the molecule is C[C@H]1CN(C(=O)NCC(F)(F)F)CC[C@H]1C1=CB(O)Oc2cnc3[nH]ccc3c21. The summed E-state index contributed by atoms with van der Waals surface area (Å²) in [6, 6.07) is 1.17. The monoisotopic (exact) mass is 408 g/mol. The number of aromatic nitrogens is 2. The summed E-state index contributed by atoms with van der Waals surface area (Å²) < 4.78 is 42.6. The number of rotatable bonds is 2. The van der Waals surface area contributed by atoms with E-state index in [2.05, 4.69) is 9.97 Å². The van der Waals surface area contributed by atoms with Gasteiger partial charge in [0.1, 0.15) is 17.9 Å². The van der Waals surface area contributed by atoms with Crippen molar-refractivity contribution in [3.8, 4) is 5.75 Å². The van der Waals surface area contributed by atoms with Crippen LogP contribution in [0.3, 0.4) is 0 Å². The number of aromatic amines is 1. The lowest BCUT2D eigenvalue weighted by molar-refractivity contribution is -0.123. The predicted molar refractivity (Wildman–Crippen MR) is 101 cm³/mol. The Bertz CT molecular complexity index is 961. The summed E-state index contributed by atoms with van der Waals surface area (Å²) in [6.45, 7) is 1.25. The number of alkyl halides is 3. The Kier molecular flexibility index (Phi) is 4.93. The van der Waals surface area contributed by atoms with Gasteiger partial charge in [-0.05, 0) is 35.9 Å². The Morgan fingerprint density at radius 3 is 3.03 bits per heavy atom. The van der Waals surface area contributed by atoms with E-state index in [1.165, 1.54) is 4.90 Å². The number of hydrogen-bond donors (Lipinski definition) is 3. The van der Waals surface area contributed by atoms with Crippen LogP contribution in [0.4, 0.5) is 18.0 Å². The van der Waals surface area contributed by atoms with Gasteiger partial charge in [0.05, 0.1) is 6.20 Å². The van der Waals surface area contributed by atoms with Crippen LogP contribution in [-0.2, 0) is 0 Å². The molecule has 0 radical (unpaired) electrons. The summed E-state index contributed by atoms with van der Waals surface area (Å²) in [5, 5.41) is 12.9. The van der Waals surface area contributed by atoms with Crippen molar-refractivity contribution in [3.63, 3.8) is 0 Å². The van der Waals surface area contributed by atoms with E-state index in [0.717, 1.165) is 16.5 Å². The lowest BCUT2D eigenvalue weighted by Gasteiger charge is -2.39. The summed E-state index contributed by atoms with van der Waals surface area (Å²) in [7, 11) is -1.10. The first-order chi connectivity index (χ1) is 13.7. The first kappa shape index (κ1) is 19.6. The molecule has 7 nitrogen and oxygen atoms in total. The van der Waals surface area contributed by atoms with Crippen molar-refractivity contribution in [1.29, 1.82) is 0 Å². The van der Waals surface area contributed by atoms with Crippen molar-refractivity contribution in [2.24, 2.45) is 11.8 Å². The zero-order valence-corrected chi connectivity index (χ0v) is 15.7. The maximum absolute atomic E-state index is 12.4. The number of carbonyl (C=O) groups excluding carboxylic acids is 1. The topological polar surface area (TPSA) is 90.5 Å². The molecule has 2 aliphatic rings. The van der Waals surface area contributed by atoms with Crippen LogP contribution in [0, 0.1) is 11.8 Å². The van der Waals surface area contributed by atoms with Crippen molar-refractivity contribution in [2.75, 3.05) is 19.6 Å². The number of fused-ring (bicyclic) bond motifs is 3. The molecule has 4 rings (SSSR count). The third-order valence-corrected chi connectivity index (χ3v) is 5.44. The molecule has 0 unspecified atom stereocenters. The van der Waals surface area contributed by atoms with Crippen molar-refractivity contribution >= 4 is 29.8 Å². The van der Waals surface area contributed by atoms with Gasteiger partial charge in [0, 0.05) is 30.2 Å². The molecular formula is C18H20BF3N4O3. The Hall–Kier alpha value is -2.69. The number of carbonyl (C=O) groups is 1. The molecule has 3 N–H and O–H groups in total. The van der Waals surface area contributed by atoms with E-state index in [-0.39, 0.29) is 11.8 Å². The van der Waals surface area contributed by atoms with Crippen LogP contribution >= 0.6 is 0 Å². The molecule has 2 aromatic rings. The van der Waals surface area contributed by atoms with E-state index in [0.29, 0.717) is 30.9 Å². The van der Waals surface area contributed by atoms with Crippen molar-refractivity contribution in [3.05, 3.63) is 30.0 Å². The maximum atomic E-state index is 12.4. The van der Waals surface area contributed by atoms with Crippen molar-refractivity contribution in [2.45, 2.75) is 19.5 Å². The van der Waals surface area contributed by atoms with Gasteiger partial charge in [-0.3, -0.25) is 0 Å². The van der Waals surface area contributed by atoms with Crippen LogP contribution in [0.15, 0.2) is 24.4 Å². The number of halogens is 3. The average Bonchev–Trinajstić information content (AvgIpc) is 3.13. The molecule has 4 heterocycles. The highest BCUT2D eigenvalue weighted by molar-refractivity contribution is 6.52. The zero-order valence-electron chi connectivity index (χ0n) is 15.7. The smallest absolute Gasteiger partial charge is 0.531 e. The molecule has 1 fully saturated rings. The van der Waals surface area contributed by atoms with Crippen molar-refractivity contribution in [1.82, 2.24) is 20.2 Å². The highest BCUT2D eigenvalue weighted by atomic mass is 19.4. The number of H-pyrrole nitrogens is 1. The lowest BCUT2D eigenvalue weighted by atomic mass is 9.71. The van der Waals surface area contributed by atoms with Gasteiger partial charge in [0.2, 0.25) is 0 Å². The van der Waals surface area contributed by atoms with Crippen LogP contribution in [0.25, 0.3) is 16.6 Å². The summed E-state index contributed by atoms with van der Waals surface area (Å²) >= 11 is 0. The summed E-state index contributed by atoms with van der Waals surface area (Å²) in [5.41, 5.74) is 2.47. The number of nitrogens with one attached hydrogen (secondary N) is 2. The van der Waals surface area contributed by atoms with Gasteiger partial charge >= 0.3 is 19.3 Å². The van der Waals surface area contributed by atoms with E-state index >= 15 is 0 Å². The van der Waals surface area contributed by atoms with Gasteiger partial charge in [-0.2, -0.15) is 13.2 Å². The second kappa shape index (κ2) is 7.29. The maximum Gasteiger partial charge on any atom is 0.552 e. The molecule has 0 bridgehead atoms. The Balaban J connectivity index is 1.55. The minimum absolute atomic E-state index is 0.0134. The van der Waals surface area contributed by atoms with E-state index < -0.39 is 25.9 Å². The molecule has 2 atom stereocenters. The normalized spacial score (nSPS) is 22.2. The second-order valence-electron chi connectivity index (χ2n) is 7.46.